The Balaban J connectivity index is 2.39. The smallest absolute Gasteiger partial charge is 0.303 e. The van der Waals surface area contributed by atoms with E-state index < -0.39 is 11.5 Å². The van der Waals surface area contributed by atoms with Crippen molar-refractivity contribution in [3.8, 4) is 0 Å². The van der Waals surface area contributed by atoms with Crippen molar-refractivity contribution in [3.63, 3.8) is 0 Å². The fourth-order valence-electron chi connectivity index (χ4n) is 1.83. The van der Waals surface area contributed by atoms with Gasteiger partial charge in [-0.05, 0) is 44.4 Å². The second-order valence-electron chi connectivity index (χ2n) is 5.45. The molecule has 0 fully saturated rings. The van der Waals surface area contributed by atoms with Crippen LogP contribution in [0.4, 0.5) is 0 Å². The predicted molar refractivity (Wildman–Crippen MR) is 78.9 cm³/mol. The third-order valence-electron chi connectivity index (χ3n) is 3.00. The van der Waals surface area contributed by atoms with Gasteiger partial charge >= 0.3 is 5.97 Å². The molecule has 5 heteroatoms. The van der Waals surface area contributed by atoms with Crippen molar-refractivity contribution >= 4 is 23.5 Å². The molecule has 1 aromatic rings. The Morgan fingerprint density at radius 1 is 1.20 bits per heavy atom. The van der Waals surface area contributed by atoms with E-state index >= 15 is 0 Å². The number of amides is 1. The first-order valence-corrected chi connectivity index (χ1v) is 6.93. The quantitative estimate of drug-likeness (QED) is 0.813. The molecule has 0 aliphatic carbocycles. The first kappa shape index (κ1) is 16.5. The molecule has 0 spiro atoms. The van der Waals surface area contributed by atoms with Crippen LogP contribution in [-0.2, 0) is 16.0 Å². The second kappa shape index (κ2) is 7.29. The van der Waals surface area contributed by atoms with Gasteiger partial charge in [0.1, 0.15) is 0 Å². The third kappa shape index (κ3) is 6.57. The first-order valence-electron chi connectivity index (χ1n) is 6.56. The fourth-order valence-corrected chi connectivity index (χ4v) is 1.96. The van der Waals surface area contributed by atoms with E-state index in [0.717, 1.165) is 5.56 Å². The summed E-state index contributed by atoms with van der Waals surface area (Å²) in [5.74, 6) is -0.927. The molecule has 110 valence electrons. The van der Waals surface area contributed by atoms with Crippen LogP contribution in [0, 0.1) is 0 Å². The fraction of sp³-hybridized carbons (Fsp3) is 0.467. The highest BCUT2D eigenvalue weighted by Gasteiger charge is 2.21. The number of carboxylic acids is 1. The molecule has 0 saturated carbocycles. The molecule has 0 heterocycles. The predicted octanol–water partition coefficient (Wildman–Crippen LogP) is 3.03. The molecule has 20 heavy (non-hydrogen) atoms. The maximum atomic E-state index is 11.9. The van der Waals surface area contributed by atoms with E-state index in [9.17, 15) is 9.59 Å². The molecule has 2 N–H and O–H groups in total. The highest BCUT2D eigenvalue weighted by molar-refractivity contribution is 6.30. The van der Waals surface area contributed by atoms with Crippen molar-refractivity contribution < 1.29 is 14.7 Å². The van der Waals surface area contributed by atoms with Crippen molar-refractivity contribution in [2.45, 2.75) is 45.1 Å². The lowest BCUT2D eigenvalue weighted by molar-refractivity contribution is -0.137. The van der Waals surface area contributed by atoms with Crippen molar-refractivity contribution in [2.24, 2.45) is 0 Å². The lowest BCUT2D eigenvalue weighted by atomic mass is 9.98. The molecule has 0 aromatic heterocycles. The summed E-state index contributed by atoms with van der Waals surface area (Å²) in [5, 5.41) is 12.2. The van der Waals surface area contributed by atoms with Crippen molar-refractivity contribution in [1.29, 1.82) is 0 Å². The van der Waals surface area contributed by atoms with Gasteiger partial charge < -0.3 is 10.4 Å². The van der Waals surface area contributed by atoms with Gasteiger partial charge in [-0.25, -0.2) is 0 Å². The number of rotatable bonds is 7. The maximum Gasteiger partial charge on any atom is 0.303 e. The average molecular weight is 298 g/mol. The van der Waals surface area contributed by atoms with Crippen LogP contribution in [0.15, 0.2) is 24.3 Å². The second-order valence-corrected chi connectivity index (χ2v) is 5.89. The topological polar surface area (TPSA) is 66.4 Å². The molecular weight excluding hydrogens is 278 g/mol. The number of nitrogens with one attached hydrogen (secondary N) is 1. The van der Waals surface area contributed by atoms with Gasteiger partial charge in [0, 0.05) is 23.4 Å². The summed E-state index contributed by atoms with van der Waals surface area (Å²) >= 11 is 5.79. The molecule has 0 bridgehead atoms. The molecule has 0 saturated heterocycles. The van der Waals surface area contributed by atoms with Gasteiger partial charge in [0.15, 0.2) is 0 Å². The molecule has 1 aromatic carbocycles. The summed E-state index contributed by atoms with van der Waals surface area (Å²) in [6, 6.07) is 7.38. The van der Waals surface area contributed by atoms with Crippen LogP contribution in [-0.4, -0.2) is 22.5 Å². The number of hydrogen-bond donors (Lipinski definition) is 2. The first-order chi connectivity index (χ1) is 9.28. The van der Waals surface area contributed by atoms with E-state index in [1.165, 1.54) is 0 Å². The zero-order chi connectivity index (χ0) is 15.2. The van der Waals surface area contributed by atoms with E-state index in [4.69, 9.17) is 16.7 Å². The molecule has 0 unspecified atom stereocenters. The van der Waals surface area contributed by atoms with Gasteiger partial charge in [0.2, 0.25) is 5.91 Å². The molecule has 0 atom stereocenters. The number of aliphatic carboxylic acids is 1. The Morgan fingerprint density at radius 2 is 1.80 bits per heavy atom. The summed E-state index contributed by atoms with van der Waals surface area (Å²) < 4.78 is 0. The molecule has 0 radical (unpaired) electrons. The van der Waals surface area contributed by atoms with Crippen LogP contribution in [0.5, 0.6) is 0 Å². The van der Waals surface area contributed by atoms with Gasteiger partial charge in [0.05, 0.1) is 0 Å². The summed E-state index contributed by atoms with van der Waals surface area (Å²) in [5.41, 5.74) is 0.544. The Hall–Kier alpha value is -1.55. The minimum Gasteiger partial charge on any atom is -0.481 e. The van der Waals surface area contributed by atoms with Gasteiger partial charge in [-0.2, -0.15) is 0 Å². The standard InChI is InChI=1S/C15H20ClNO3/c1-15(2,10-9-14(19)20)17-13(18)8-5-11-3-6-12(16)7-4-11/h3-4,6-7H,5,8-10H2,1-2H3,(H,17,18)(H,19,20). The number of halogens is 1. The SMILES string of the molecule is CC(C)(CCC(=O)O)NC(=O)CCc1ccc(Cl)cc1. The highest BCUT2D eigenvalue weighted by atomic mass is 35.5. The lowest BCUT2D eigenvalue weighted by Crippen LogP contribution is -2.43. The molecular formula is C15H20ClNO3. The molecule has 0 aliphatic heterocycles. The number of carboxylic acid groups (broad SMARTS) is 1. The van der Waals surface area contributed by atoms with E-state index in [0.29, 0.717) is 24.3 Å². The zero-order valence-corrected chi connectivity index (χ0v) is 12.5. The number of hydrogen-bond acceptors (Lipinski definition) is 2. The lowest BCUT2D eigenvalue weighted by Gasteiger charge is -2.25. The van der Waals surface area contributed by atoms with Gasteiger partial charge in [-0.15, -0.1) is 0 Å². The largest absolute Gasteiger partial charge is 0.481 e. The number of carbonyl (C=O) groups is 2. The average Bonchev–Trinajstić information content (AvgIpc) is 2.35. The Morgan fingerprint density at radius 3 is 2.35 bits per heavy atom. The van der Waals surface area contributed by atoms with Gasteiger partial charge in [-0.1, -0.05) is 23.7 Å². The van der Waals surface area contributed by atoms with Crippen molar-refractivity contribution in [2.75, 3.05) is 0 Å². The molecule has 1 rings (SSSR count). The normalized spacial score (nSPS) is 11.2. The molecule has 4 nitrogen and oxygen atoms in total. The van der Waals surface area contributed by atoms with E-state index in [1.54, 1.807) is 12.1 Å². The van der Waals surface area contributed by atoms with Crippen LogP contribution < -0.4 is 5.32 Å². The van der Waals surface area contributed by atoms with Crippen LogP contribution in [0.1, 0.15) is 38.7 Å². The molecule has 0 aliphatic rings. The van der Waals surface area contributed by atoms with Crippen LogP contribution in [0.3, 0.4) is 0 Å². The Bertz CT molecular complexity index is 469. The van der Waals surface area contributed by atoms with Crippen LogP contribution in [0.25, 0.3) is 0 Å². The highest BCUT2D eigenvalue weighted by Crippen LogP contribution is 2.13. The van der Waals surface area contributed by atoms with E-state index in [2.05, 4.69) is 5.32 Å². The third-order valence-corrected chi connectivity index (χ3v) is 3.25. The minimum atomic E-state index is -0.853. The monoisotopic (exact) mass is 297 g/mol. The van der Waals surface area contributed by atoms with E-state index in [1.807, 2.05) is 26.0 Å². The Labute approximate surface area is 124 Å². The number of aryl methyl sites for hydroxylation is 1. The summed E-state index contributed by atoms with van der Waals surface area (Å²) in [7, 11) is 0. The van der Waals surface area contributed by atoms with Crippen molar-refractivity contribution in [3.05, 3.63) is 34.9 Å². The van der Waals surface area contributed by atoms with E-state index in [-0.39, 0.29) is 12.3 Å². The number of benzene rings is 1. The maximum absolute atomic E-state index is 11.9. The Kier molecular flexibility index (Phi) is 6.02. The minimum absolute atomic E-state index is 0.0461. The summed E-state index contributed by atoms with van der Waals surface area (Å²) in [6.07, 6.45) is 1.47. The van der Waals surface area contributed by atoms with Gasteiger partial charge in [-0.3, -0.25) is 9.59 Å². The van der Waals surface area contributed by atoms with Crippen molar-refractivity contribution in [1.82, 2.24) is 5.32 Å². The summed E-state index contributed by atoms with van der Waals surface area (Å²) in [4.78, 5) is 22.4. The van der Waals surface area contributed by atoms with Crippen LogP contribution >= 0.6 is 11.6 Å². The summed E-state index contributed by atoms with van der Waals surface area (Å²) in [6.45, 7) is 3.66. The number of carbonyl (C=O) groups excluding carboxylic acids is 1. The molecule has 1 amide bonds. The van der Waals surface area contributed by atoms with Crippen LogP contribution in [0.2, 0.25) is 5.02 Å². The van der Waals surface area contributed by atoms with Gasteiger partial charge in [0.25, 0.3) is 0 Å². The zero-order valence-electron chi connectivity index (χ0n) is 11.8.